The van der Waals surface area contributed by atoms with Gasteiger partial charge in [-0.3, -0.25) is 4.79 Å². The largest absolute Gasteiger partial charge is 0.464 e. The molecule has 0 spiro atoms. The number of hydrogen-bond donors (Lipinski definition) is 1. The van der Waals surface area contributed by atoms with Crippen LogP contribution in [0.25, 0.3) is 11.0 Å². The molecule has 0 unspecified atom stereocenters. The Bertz CT molecular complexity index is 772. The maximum Gasteiger partial charge on any atom is 0.356 e. The van der Waals surface area contributed by atoms with Crippen molar-refractivity contribution in [2.45, 2.75) is 10.2 Å². The van der Waals surface area contributed by atoms with E-state index >= 15 is 0 Å². The fraction of sp³-hybridized carbons (Fsp3) is 0.333. The zero-order valence-corrected chi connectivity index (χ0v) is 13.2. The van der Waals surface area contributed by atoms with Crippen molar-refractivity contribution in [3.05, 3.63) is 5.69 Å². The van der Waals surface area contributed by atoms with Crippen molar-refractivity contribution in [3.8, 4) is 0 Å². The van der Waals surface area contributed by atoms with Crippen LogP contribution >= 0.6 is 23.5 Å². The van der Waals surface area contributed by atoms with Gasteiger partial charge in [-0.1, -0.05) is 23.5 Å². The number of aromatic nitrogens is 3. The van der Waals surface area contributed by atoms with Gasteiger partial charge in [0.15, 0.2) is 10.9 Å². The summed E-state index contributed by atoms with van der Waals surface area (Å²) in [5.74, 6) is -0.449. The number of carbonyl (C=O) groups is 2. The lowest BCUT2D eigenvalue weighted by molar-refractivity contribution is -0.113. The number of esters is 1. The molecule has 2 aromatic heterocycles. The number of nitrogens with zero attached hydrogens (tertiary/aromatic N) is 3. The number of hydrogen-bond acceptors (Lipinski definition) is 7. The first kappa shape index (κ1) is 14.2. The Kier molecular flexibility index (Phi) is 3.54. The summed E-state index contributed by atoms with van der Waals surface area (Å²) in [6.07, 6.45) is 1.88. The van der Waals surface area contributed by atoms with Crippen LogP contribution in [0.15, 0.2) is 10.2 Å². The summed E-state index contributed by atoms with van der Waals surface area (Å²) in [5.41, 5.74) is 1.31. The van der Waals surface area contributed by atoms with E-state index in [1.807, 2.05) is 6.26 Å². The Morgan fingerprint density at radius 1 is 1.48 bits per heavy atom. The molecule has 1 amide bonds. The van der Waals surface area contributed by atoms with E-state index in [4.69, 9.17) is 4.74 Å². The van der Waals surface area contributed by atoms with Crippen molar-refractivity contribution in [2.75, 3.05) is 24.4 Å². The van der Waals surface area contributed by atoms with E-state index in [0.717, 1.165) is 0 Å². The number of methoxy groups -OCH3 is 1. The number of aryl methyl sites for hydroxylation is 1. The quantitative estimate of drug-likeness (QED) is 0.388. The third-order valence-electron chi connectivity index (χ3n) is 3.14. The molecule has 2 aromatic rings. The highest BCUT2D eigenvalue weighted by Gasteiger charge is 2.29. The lowest BCUT2D eigenvalue weighted by atomic mass is 10.3. The number of rotatable bonds is 2. The van der Waals surface area contributed by atoms with Crippen LogP contribution in [0.5, 0.6) is 0 Å². The van der Waals surface area contributed by atoms with Gasteiger partial charge in [0.25, 0.3) is 0 Å². The van der Waals surface area contributed by atoms with Gasteiger partial charge in [0, 0.05) is 7.05 Å². The molecule has 0 saturated heterocycles. The Balaban J connectivity index is 2.41. The molecule has 3 rings (SSSR count). The van der Waals surface area contributed by atoms with Gasteiger partial charge in [0.05, 0.1) is 23.9 Å². The molecule has 0 fully saturated rings. The first-order valence-electron chi connectivity index (χ1n) is 6.02. The summed E-state index contributed by atoms with van der Waals surface area (Å²) in [4.78, 5) is 32.8. The predicted molar refractivity (Wildman–Crippen MR) is 81.0 cm³/mol. The van der Waals surface area contributed by atoms with Crippen LogP contribution < -0.4 is 5.32 Å². The number of thioether (sulfide) groups is 2. The topological polar surface area (TPSA) is 86.1 Å². The second kappa shape index (κ2) is 5.23. The van der Waals surface area contributed by atoms with Crippen molar-refractivity contribution in [2.24, 2.45) is 7.05 Å². The zero-order chi connectivity index (χ0) is 15.1. The Labute approximate surface area is 128 Å². The average molecular weight is 324 g/mol. The molecular weight excluding hydrogens is 312 g/mol. The van der Waals surface area contributed by atoms with Crippen LogP contribution in [0, 0.1) is 0 Å². The molecular formula is C12H12N4O3S2. The van der Waals surface area contributed by atoms with E-state index in [2.05, 4.69) is 15.3 Å². The molecule has 9 heteroatoms. The van der Waals surface area contributed by atoms with Crippen LogP contribution in [0.2, 0.25) is 0 Å². The molecule has 0 bridgehead atoms. The Morgan fingerprint density at radius 2 is 2.24 bits per heavy atom. The SMILES string of the molecule is COC(=O)c1c2c3c(nc(SC)nc3n1C)SCC(=O)N2. The minimum Gasteiger partial charge on any atom is -0.464 e. The molecule has 110 valence electrons. The number of anilines is 1. The molecule has 7 nitrogen and oxygen atoms in total. The molecule has 1 N–H and O–H groups in total. The fourth-order valence-corrected chi connectivity index (χ4v) is 3.47. The Hall–Kier alpha value is -1.74. The average Bonchev–Trinajstić information content (AvgIpc) is 2.65. The maximum atomic E-state index is 12.0. The number of carbonyl (C=O) groups excluding carboxylic acids is 2. The highest BCUT2D eigenvalue weighted by atomic mass is 32.2. The number of nitrogens with one attached hydrogen (secondary N) is 1. The van der Waals surface area contributed by atoms with E-state index in [0.29, 0.717) is 26.9 Å². The van der Waals surface area contributed by atoms with E-state index in [9.17, 15) is 9.59 Å². The smallest absolute Gasteiger partial charge is 0.356 e. The van der Waals surface area contributed by atoms with Crippen molar-refractivity contribution in [1.82, 2.24) is 14.5 Å². The Morgan fingerprint density at radius 3 is 2.90 bits per heavy atom. The number of ether oxygens (including phenoxy) is 1. The molecule has 0 radical (unpaired) electrons. The van der Waals surface area contributed by atoms with E-state index < -0.39 is 5.97 Å². The molecule has 0 aliphatic carbocycles. The van der Waals surface area contributed by atoms with Crippen molar-refractivity contribution in [1.29, 1.82) is 0 Å². The first-order chi connectivity index (χ1) is 10.1. The van der Waals surface area contributed by atoms with Crippen LogP contribution in [-0.2, 0) is 16.6 Å². The molecule has 21 heavy (non-hydrogen) atoms. The summed E-state index contributed by atoms with van der Waals surface area (Å²) in [6.45, 7) is 0. The second-order valence-electron chi connectivity index (χ2n) is 4.33. The van der Waals surface area contributed by atoms with Crippen LogP contribution in [-0.4, -0.2) is 45.5 Å². The van der Waals surface area contributed by atoms with Gasteiger partial charge < -0.3 is 14.6 Å². The van der Waals surface area contributed by atoms with E-state index in [1.54, 1.807) is 11.6 Å². The molecule has 0 aromatic carbocycles. The van der Waals surface area contributed by atoms with Gasteiger partial charge >= 0.3 is 5.97 Å². The van der Waals surface area contributed by atoms with Crippen molar-refractivity contribution >= 4 is 52.1 Å². The standard InChI is InChI=1S/C12H12N4O3S2/c1-16-8(11(18)19-2)7-6-9(16)14-12(20-3)15-10(6)21-4-5(17)13-7/h4H2,1-3H3,(H,13,17). The summed E-state index contributed by atoms with van der Waals surface area (Å²) >= 11 is 2.75. The van der Waals surface area contributed by atoms with Gasteiger partial charge in [0.2, 0.25) is 5.91 Å². The zero-order valence-electron chi connectivity index (χ0n) is 11.6. The lowest BCUT2D eigenvalue weighted by Crippen LogP contribution is -2.17. The fourth-order valence-electron chi connectivity index (χ4n) is 2.23. The molecule has 1 aliphatic heterocycles. The molecule has 0 saturated carbocycles. The van der Waals surface area contributed by atoms with Crippen molar-refractivity contribution in [3.63, 3.8) is 0 Å². The summed E-state index contributed by atoms with van der Waals surface area (Å²) in [5, 5.41) is 4.74. The third kappa shape index (κ3) is 2.16. The minimum atomic E-state index is -0.519. The van der Waals surface area contributed by atoms with Crippen molar-refractivity contribution < 1.29 is 14.3 Å². The summed E-state index contributed by atoms with van der Waals surface area (Å²) in [7, 11) is 3.03. The predicted octanol–water partition coefficient (Wildman–Crippen LogP) is 1.52. The number of amides is 1. The summed E-state index contributed by atoms with van der Waals surface area (Å²) in [6, 6.07) is 0. The van der Waals surface area contributed by atoms with Crippen LogP contribution in [0.3, 0.4) is 0 Å². The molecule has 0 atom stereocenters. The monoisotopic (exact) mass is 324 g/mol. The lowest BCUT2D eigenvalue weighted by Gasteiger charge is -2.06. The maximum absolute atomic E-state index is 12.0. The van der Waals surface area contributed by atoms with Gasteiger partial charge in [-0.25, -0.2) is 14.8 Å². The highest BCUT2D eigenvalue weighted by Crippen LogP contribution is 2.39. The normalized spacial score (nSPS) is 14.0. The minimum absolute atomic E-state index is 0.179. The molecule has 1 aliphatic rings. The van der Waals surface area contributed by atoms with Gasteiger partial charge in [0.1, 0.15) is 10.7 Å². The van der Waals surface area contributed by atoms with Gasteiger partial charge in [-0.05, 0) is 6.26 Å². The van der Waals surface area contributed by atoms with Crippen LogP contribution in [0.1, 0.15) is 10.5 Å². The van der Waals surface area contributed by atoms with Gasteiger partial charge in [-0.2, -0.15) is 0 Å². The van der Waals surface area contributed by atoms with Gasteiger partial charge in [-0.15, -0.1) is 0 Å². The van der Waals surface area contributed by atoms with Crippen LogP contribution in [0.4, 0.5) is 5.69 Å². The van der Waals surface area contributed by atoms with E-state index in [1.165, 1.54) is 30.6 Å². The summed E-state index contributed by atoms with van der Waals surface area (Å²) < 4.78 is 6.45. The third-order valence-corrected chi connectivity index (χ3v) is 4.66. The first-order valence-corrected chi connectivity index (χ1v) is 8.23. The second-order valence-corrected chi connectivity index (χ2v) is 6.06. The van der Waals surface area contributed by atoms with E-state index in [-0.39, 0.29) is 17.4 Å². The highest BCUT2D eigenvalue weighted by molar-refractivity contribution is 8.00. The molecule has 3 heterocycles.